The maximum atomic E-state index is 11.9. The minimum atomic E-state index is -0.398. The molecule has 1 aromatic rings. The number of rotatable bonds is 2. The molecule has 0 bridgehead atoms. The zero-order chi connectivity index (χ0) is 14.2. The Morgan fingerprint density at radius 1 is 1.53 bits per heavy atom. The van der Waals surface area contributed by atoms with Crippen LogP contribution in [0.4, 0.5) is 0 Å². The van der Waals surface area contributed by atoms with Crippen LogP contribution >= 0.6 is 12.2 Å². The molecule has 0 aliphatic carbocycles. The van der Waals surface area contributed by atoms with Gasteiger partial charge in [0.25, 0.3) is 5.56 Å². The minimum absolute atomic E-state index is 0.116. The first-order valence-electron chi connectivity index (χ1n) is 5.95. The van der Waals surface area contributed by atoms with Gasteiger partial charge in [0, 0.05) is 18.0 Å². The molecule has 2 rings (SSSR count). The Hall–Kier alpha value is -1.95. The number of aromatic amines is 1. The van der Waals surface area contributed by atoms with Crippen molar-refractivity contribution in [2.75, 3.05) is 0 Å². The maximum absolute atomic E-state index is 11.9. The van der Waals surface area contributed by atoms with Crippen LogP contribution in [0.3, 0.4) is 0 Å². The van der Waals surface area contributed by atoms with Crippen molar-refractivity contribution in [1.29, 1.82) is 0 Å². The third-order valence-corrected chi connectivity index (χ3v) is 3.27. The molecule has 2 heterocycles. The first-order valence-corrected chi connectivity index (χ1v) is 6.36. The van der Waals surface area contributed by atoms with Gasteiger partial charge in [-0.05, 0) is 50.7 Å². The van der Waals surface area contributed by atoms with Crippen molar-refractivity contribution in [1.82, 2.24) is 9.55 Å². The van der Waals surface area contributed by atoms with Crippen LogP contribution in [0.15, 0.2) is 27.1 Å². The molecule has 1 aliphatic rings. The van der Waals surface area contributed by atoms with Gasteiger partial charge in [0.05, 0.1) is 0 Å². The summed E-state index contributed by atoms with van der Waals surface area (Å²) in [6.07, 6.45) is 3.50. The number of nitrogens with one attached hydrogen (secondary N) is 1. The summed E-state index contributed by atoms with van der Waals surface area (Å²) in [6.45, 7) is 6.07. The standard InChI is InChI=1S/C13H15N3O2S/c1-4-16-12(18)10(11(17)15-13(16)19)6-9-5-7(2)14-8(9)3/h5-6,18H,4H2,1-3H3,(H,15,17,19)/b9-6+. The van der Waals surface area contributed by atoms with Crippen LogP contribution in [0.1, 0.15) is 26.3 Å². The molecular weight excluding hydrogens is 262 g/mol. The van der Waals surface area contributed by atoms with Gasteiger partial charge in [-0.25, -0.2) is 0 Å². The first-order chi connectivity index (χ1) is 8.93. The third-order valence-electron chi connectivity index (χ3n) is 2.95. The Morgan fingerprint density at radius 3 is 2.74 bits per heavy atom. The predicted molar refractivity (Wildman–Crippen MR) is 78.1 cm³/mol. The topological polar surface area (TPSA) is 70.4 Å². The highest BCUT2D eigenvalue weighted by atomic mass is 32.1. The van der Waals surface area contributed by atoms with E-state index >= 15 is 0 Å². The van der Waals surface area contributed by atoms with Gasteiger partial charge in [-0.1, -0.05) is 0 Å². The lowest BCUT2D eigenvalue weighted by Gasteiger charge is -2.08. The summed E-state index contributed by atoms with van der Waals surface area (Å²) in [4.78, 5) is 18.7. The largest absolute Gasteiger partial charge is 0.494 e. The molecule has 0 unspecified atom stereocenters. The number of nitrogens with zero attached hydrogens (tertiary/aromatic N) is 2. The fraction of sp³-hybridized carbons (Fsp3) is 0.308. The average molecular weight is 277 g/mol. The molecule has 0 amide bonds. The summed E-state index contributed by atoms with van der Waals surface area (Å²) >= 11 is 5.00. The van der Waals surface area contributed by atoms with E-state index in [0.717, 1.165) is 17.0 Å². The van der Waals surface area contributed by atoms with Gasteiger partial charge in [-0.3, -0.25) is 19.3 Å². The Bertz CT molecular complexity index is 735. The summed E-state index contributed by atoms with van der Waals surface area (Å²) in [5.74, 6) is -0.116. The smallest absolute Gasteiger partial charge is 0.262 e. The highest BCUT2D eigenvalue weighted by Gasteiger charge is 2.13. The Labute approximate surface area is 115 Å². The molecule has 0 saturated carbocycles. The van der Waals surface area contributed by atoms with Crippen LogP contribution in [-0.2, 0) is 6.54 Å². The highest BCUT2D eigenvalue weighted by molar-refractivity contribution is 7.71. The lowest BCUT2D eigenvalue weighted by molar-refractivity contribution is 0.408. The van der Waals surface area contributed by atoms with E-state index in [1.54, 1.807) is 6.08 Å². The van der Waals surface area contributed by atoms with Crippen LogP contribution in [0.25, 0.3) is 6.08 Å². The molecule has 100 valence electrons. The third kappa shape index (κ3) is 2.44. The molecule has 0 aromatic carbocycles. The molecule has 0 fully saturated rings. The van der Waals surface area contributed by atoms with Crippen LogP contribution in [0.2, 0.25) is 0 Å². The second kappa shape index (κ2) is 4.97. The maximum Gasteiger partial charge on any atom is 0.262 e. The molecule has 0 spiro atoms. The van der Waals surface area contributed by atoms with Crippen molar-refractivity contribution in [2.24, 2.45) is 4.99 Å². The first kappa shape index (κ1) is 13.5. The lowest BCUT2D eigenvalue weighted by Crippen LogP contribution is -2.16. The van der Waals surface area contributed by atoms with Crippen molar-refractivity contribution < 1.29 is 5.11 Å². The second-order valence-electron chi connectivity index (χ2n) is 4.32. The van der Waals surface area contributed by atoms with E-state index in [1.807, 2.05) is 26.8 Å². The highest BCUT2D eigenvalue weighted by Crippen LogP contribution is 2.21. The number of aliphatic imine (C=N–C) groups is 1. The number of hydrogen-bond acceptors (Lipinski definition) is 4. The Kier molecular flexibility index (Phi) is 3.53. The van der Waals surface area contributed by atoms with E-state index in [0.29, 0.717) is 6.54 Å². The van der Waals surface area contributed by atoms with E-state index in [9.17, 15) is 9.90 Å². The second-order valence-corrected chi connectivity index (χ2v) is 4.71. The molecule has 1 aliphatic heterocycles. The molecule has 6 heteroatoms. The number of hydrogen-bond donors (Lipinski definition) is 2. The van der Waals surface area contributed by atoms with Crippen molar-refractivity contribution in [3.63, 3.8) is 0 Å². The number of aromatic nitrogens is 2. The van der Waals surface area contributed by atoms with E-state index in [-0.39, 0.29) is 16.2 Å². The normalized spacial score (nSPS) is 16.7. The quantitative estimate of drug-likeness (QED) is 0.815. The van der Waals surface area contributed by atoms with Gasteiger partial charge in [0.1, 0.15) is 5.56 Å². The predicted octanol–water partition coefficient (Wildman–Crippen LogP) is 2.39. The van der Waals surface area contributed by atoms with Crippen LogP contribution in [0, 0.1) is 4.77 Å². The SMILES string of the molecule is CCn1c(O)c(/C=C2\C=C(C)N=C2C)c(=O)[nH]c1=S. The fourth-order valence-electron chi connectivity index (χ4n) is 1.99. The van der Waals surface area contributed by atoms with E-state index in [4.69, 9.17) is 12.2 Å². The minimum Gasteiger partial charge on any atom is -0.494 e. The summed E-state index contributed by atoms with van der Waals surface area (Å²) in [5.41, 5.74) is 2.32. The molecule has 2 N–H and O–H groups in total. The zero-order valence-corrected chi connectivity index (χ0v) is 11.8. The molecular formula is C13H15N3O2S. The van der Waals surface area contributed by atoms with Gasteiger partial charge < -0.3 is 5.11 Å². The molecule has 0 saturated heterocycles. The molecule has 5 nitrogen and oxygen atoms in total. The van der Waals surface area contributed by atoms with Crippen LogP contribution in [-0.4, -0.2) is 20.4 Å². The van der Waals surface area contributed by atoms with E-state index < -0.39 is 5.56 Å². The summed E-state index contributed by atoms with van der Waals surface area (Å²) in [6, 6.07) is 0. The molecule has 0 radical (unpaired) electrons. The van der Waals surface area contributed by atoms with E-state index in [1.165, 1.54) is 4.57 Å². The lowest BCUT2D eigenvalue weighted by atomic mass is 10.1. The van der Waals surface area contributed by atoms with Crippen molar-refractivity contribution in [3.8, 4) is 5.88 Å². The van der Waals surface area contributed by atoms with Gasteiger partial charge in [-0.15, -0.1) is 0 Å². The van der Waals surface area contributed by atoms with Crippen molar-refractivity contribution in [3.05, 3.63) is 38.0 Å². The van der Waals surface area contributed by atoms with Gasteiger partial charge in [0.15, 0.2) is 4.77 Å². The summed E-state index contributed by atoms with van der Waals surface area (Å²) < 4.78 is 1.69. The van der Waals surface area contributed by atoms with Crippen LogP contribution in [0.5, 0.6) is 5.88 Å². The van der Waals surface area contributed by atoms with Gasteiger partial charge in [0.2, 0.25) is 5.88 Å². The molecule has 1 aromatic heterocycles. The monoisotopic (exact) mass is 277 g/mol. The van der Waals surface area contributed by atoms with E-state index in [2.05, 4.69) is 9.98 Å². The number of H-pyrrole nitrogens is 1. The van der Waals surface area contributed by atoms with Gasteiger partial charge >= 0.3 is 0 Å². The summed E-state index contributed by atoms with van der Waals surface area (Å²) in [7, 11) is 0. The number of allylic oxidation sites excluding steroid dienone is 3. The number of aromatic hydroxyl groups is 1. The average Bonchev–Trinajstić information content (AvgIpc) is 2.63. The Morgan fingerprint density at radius 2 is 2.21 bits per heavy atom. The van der Waals surface area contributed by atoms with Crippen molar-refractivity contribution in [2.45, 2.75) is 27.3 Å². The zero-order valence-electron chi connectivity index (χ0n) is 11.0. The van der Waals surface area contributed by atoms with Crippen molar-refractivity contribution >= 4 is 24.0 Å². The van der Waals surface area contributed by atoms with Gasteiger partial charge in [-0.2, -0.15) is 0 Å². The van der Waals surface area contributed by atoms with Crippen LogP contribution < -0.4 is 5.56 Å². The molecule has 19 heavy (non-hydrogen) atoms. The Balaban J connectivity index is 2.66. The summed E-state index contributed by atoms with van der Waals surface area (Å²) in [5, 5.41) is 10.1. The fourth-order valence-corrected chi connectivity index (χ4v) is 2.30. The molecule has 0 atom stereocenters.